The number of amides is 1. The number of carbonyl (C=O) groups is 2. The lowest BCUT2D eigenvalue weighted by molar-refractivity contribution is -0.116. The van der Waals surface area contributed by atoms with Gasteiger partial charge in [-0.05, 0) is 30.5 Å². The lowest BCUT2D eigenvalue weighted by atomic mass is 10.1. The van der Waals surface area contributed by atoms with Crippen molar-refractivity contribution < 1.29 is 9.59 Å². The van der Waals surface area contributed by atoms with Crippen molar-refractivity contribution in [2.24, 2.45) is 7.05 Å². The highest BCUT2D eigenvalue weighted by molar-refractivity contribution is 6.00. The smallest absolute Gasteiger partial charge is 0.244 e. The molecule has 0 aliphatic rings. The molecule has 1 amide bonds. The van der Waals surface area contributed by atoms with Crippen LogP contribution in [0.15, 0.2) is 72.9 Å². The molecule has 3 rings (SSSR count). The van der Waals surface area contributed by atoms with Crippen LogP contribution in [0.2, 0.25) is 0 Å². The van der Waals surface area contributed by atoms with Crippen LogP contribution in [0.5, 0.6) is 0 Å². The summed E-state index contributed by atoms with van der Waals surface area (Å²) >= 11 is 0. The summed E-state index contributed by atoms with van der Waals surface area (Å²) in [5.41, 5.74) is 3.09. The summed E-state index contributed by atoms with van der Waals surface area (Å²) in [7, 11) is 2.04. The minimum absolute atomic E-state index is 0.0104. The maximum absolute atomic E-state index is 11.9. The van der Waals surface area contributed by atoms with Gasteiger partial charge in [0.25, 0.3) is 0 Å². The average Bonchev–Trinajstić information content (AvgIpc) is 3.00. The van der Waals surface area contributed by atoms with Gasteiger partial charge in [-0.3, -0.25) is 9.59 Å². The van der Waals surface area contributed by atoms with Crippen LogP contribution in [-0.4, -0.2) is 22.8 Å². The Morgan fingerprint density at radius 2 is 1.77 bits per heavy atom. The van der Waals surface area contributed by atoms with E-state index in [1.54, 1.807) is 12.1 Å². The molecule has 0 unspecified atom stereocenters. The highest BCUT2D eigenvalue weighted by Gasteiger charge is 2.06. The molecule has 4 nitrogen and oxygen atoms in total. The highest BCUT2D eigenvalue weighted by Crippen LogP contribution is 2.21. The van der Waals surface area contributed by atoms with E-state index >= 15 is 0 Å². The highest BCUT2D eigenvalue weighted by atomic mass is 16.2. The number of benzene rings is 2. The van der Waals surface area contributed by atoms with E-state index in [0.717, 1.165) is 12.8 Å². The molecule has 2 aromatic carbocycles. The Morgan fingerprint density at radius 3 is 2.58 bits per heavy atom. The number of aromatic nitrogens is 1. The van der Waals surface area contributed by atoms with Crippen molar-refractivity contribution in [2.45, 2.75) is 12.8 Å². The first-order valence-corrected chi connectivity index (χ1v) is 8.70. The number of hydrogen-bond donors (Lipinski definition) is 1. The van der Waals surface area contributed by atoms with Gasteiger partial charge in [0.05, 0.1) is 6.54 Å². The van der Waals surface area contributed by atoms with Gasteiger partial charge in [0, 0.05) is 29.7 Å². The summed E-state index contributed by atoms with van der Waals surface area (Å²) < 4.78 is 2.12. The summed E-state index contributed by atoms with van der Waals surface area (Å²) in [6.07, 6.45) is 7.13. The molecule has 0 saturated heterocycles. The maximum atomic E-state index is 11.9. The van der Waals surface area contributed by atoms with E-state index in [-0.39, 0.29) is 18.2 Å². The fraction of sp³-hybridized carbons (Fsp3) is 0.182. The van der Waals surface area contributed by atoms with Gasteiger partial charge in [0.2, 0.25) is 5.91 Å². The molecule has 3 aromatic rings. The molecule has 0 spiro atoms. The number of hydrogen-bond acceptors (Lipinski definition) is 2. The van der Waals surface area contributed by atoms with Crippen molar-refractivity contribution in [2.75, 3.05) is 6.54 Å². The summed E-state index contributed by atoms with van der Waals surface area (Å²) in [6, 6.07) is 17.3. The molecule has 0 aliphatic carbocycles. The second-order valence-electron chi connectivity index (χ2n) is 6.23. The minimum atomic E-state index is -0.243. The number of nitrogens with zero attached hydrogens (tertiary/aromatic N) is 1. The van der Waals surface area contributed by atoms with Crippen LogP contribution in [-0.2, 0) is 18.3 Å². The summed E-state index contributed by atoms with van der Waals surface area (Å²) in [5, 5.41) is 3.89. The molecule has 1 aromatic heterocycles. The van der Waals surface area contributed by atoms with Crippen molar-refractivity contribution in [3.8, 4) is 0 Å². The van der Waals surface area contributed by atoms with Gasteiger partial charge >= 0.3 is 0 Å². The van der Waals surface area contributed by atoms with E-state index in [1.807, 2.05) is 43.5 Å². The van der Waals surface area contributed by atoms with Gasteiger partial charge in [-0.25, -0.2) is 0 Å². The Hall–Kier alpha value is -3.14. The second-order valence-corrected chi connectivity index (χ2v) is 6.23. The van der Waals surface area contributed by atoms with E-state index in [2.05, 4.69) is 28.2 Å². The standard InChI is InChI=1S/C22H22N2O2/c1-24-16-18(19-12-6-7-13-20(19)24)11-5-8-14-22(26)23-15-21(25)17-9-3-2-4-10-17/h2-4,6-10,12-14,16H,5,11,15H2,1H3,(H,23,26). The summed E-state index contributed by atoms with van der Waals surface area (Å²) in [6.45, 7) is 0.0104. The molecule has 4 heteroatoms. The Balaban J connectivity index is 1.48. The van der Waals surface area contributed by atoms with Gasteiger partial charge in [-0.15, -0.1) is 0 Å². The number of para-hydroxylation sites is 1. The Kier molecular flexibility index (Phi) is 5.64. The Bertz CT molecular complexity index is 939. The third-order valence-electron chi connectivity index (χ3n) is 4.35. The van der Waals surface area contributed by atoms with E-state index in [4.69, 9.17) is 0 Å². The zero-order valence-corrected chi connectivity index (χ0v) is 14.8. The lowest BCUT2D eigenvalue weighted by Crippen LogP contribution is -2.27. The van der Waals surface area contributed by atoms with Crippen LogP contribution in [0, 0.1) is 0 Å². The first-order chi connectivity index (χ1) is 12.6. The zero-order valence-electron chi connectivity index (χ0n) is 14.8. The van der Waals surface area contributed by atoms with Crippen LogP contribution in [0.1, 0.15) is 22.3 Å². The van der Waals surface area contributed by atoms with Crippen molar-refractivity contribution in [3.63, 3.8) is 0 Å². The van der Waals surface area contributed by atoms with Crippen LogP contribution < -0.4 is 5.32 Å². The first kappa shape index (κ1) is 17.7. The van der Waals surface area contributed by atoms with Gasteiger partial charge in [0.1, 0.15) is 0 Å². The molecule has 26 heavy (non-hydrogen) atoms. The van der Waals surface area contributed by atoms with Crippen molar-refractivity contribution >= 4 is 22.6 Å². The lowest BCUT2D eigenvalue weighted by Gasteiger charge is -2.01. The van der Waals surface area contributed by atoms with Gasteiger partial charge < -0.3 is 9.88 Å². The normalized spacial score (nSPS) is 11.1. The van der Waals surface area contributed by atoms with Gasteiger partial charge in [0.15, 0.2) is 5.78 Å². The van der Waals surface area contributed by atoms with Gasteiger partial charge in [-0.2, -0.15) is 0 Å². The van der Waals surface area contributed by atoms with Crippen molar-refractivity contribution in [3.05, 3.63) is 84.1 Å². The molecule has 0 saturated carbocycles. The molecule has 1 heterocycles. The van der Waals surface area contributed by atoms with Gasteiger partial charge in [-0.1, -0.05) is 54.6 Å². The number of rotatable bonds is 7. The number of ketones is 1. The number of nitrogens with one attached hydrogen (secondary N) is 1. The van der Waals surface area contributed by atoms with E-state index in [0.29, 0.717) is 5.56 Å². The second kappa shape index (κ2) is 8.30. The number of carbonyl (C=O) groups excluding carboxylic acids is 2. The third-order valence-corrected chi connectivity index (χ3v) is 4.35. The maximum Gasteiger partial charge on any atom is 0.244 e. The summed E-state index contributed by atoms with van der Waals surface area (Å²) in [5.74, 6) is -0.338. The SMILES string of the molecule is Cn1cc(CCC=CC(=O)NCC(=O)c2ccccc2)c2ccccc21. The van der Waals surface area contributed by atoms with Crippen LogP contribution in [0.25, 0.3) is 10.9 Å². The van der Waals surface area contributed by atoms with Crippen LogP contribution >= 0.6 is 0 Å². The van der Waals surface area contributed by atoms with Crippen molar-refractivity contribution in [1.82, 2.24) is 9.88 Å². The summed E-state index contributed by atoms with van der Waals surface area (Å²) in [4.78, 5) is 23.8. The molecular weight excluding hydrogens is 324 g/mol. The van der Waals surface area contributed by atoms with E-state index < -0.39 is 0 Å². The minimum Gasteiger partial charge on any atom is -0.350 e. The quantitative estimate of drug-likeness (QED) is 0.524. The molecule has 0 aliphatic heterocycles. The average molecular weight is 346 g/mol. The van der Waals surface area contributed by atoms with E-state index in [1.165, 1.54) is 22.5 Å². The molecule has 0 atom stereocenters. The molecule has 132 valence electrons. The predicted octanol–water partition coefficient (Wildman–Crippen LogP) is 3.67. The van der Waals surface area contributed by atoms with E-state index in [9.17, 15) is 9.59 Å². The Labute approximate surface area is 153 Å². The van der Waals surface area contributed by atoms with Crippen LogP contribution in [0.3, 0.4) is 0 Å². The number of Topliss-reactive ketones (excluding diaryl/α,β-unsaturated/α-hetero) is 1. The fourth-order valence-electron chi connectivity index (χ4n) is 3.01. The number of allylic oxidation sites excluding steroid dienone is 1. The largest absolute Gasteiger partial charge is 0.350 e. The third kappa shape index (κ3) is 4.28. The Morgan fingerprint density at radius 1 is 1.04 bits per heavy atom. The fourth-order valence-corrected chi connectivity index (χ4v) is 3.01. The van der Waals surface area contributed by atoms with Crippen molar-refractivity contribution in [1.29, 1.82) is 0 Å². The van der Waals surface area contributed by atoms with Crippen LogP contribution in [0.4, 0.5) is 0 Å². The monoisotopic (exact) mass is 346 g/mol. The zero-order chi connectivity index (χ0) is 18.4. The molecule has 0 radical (unpaired) electrons. The topological polar surface area (TPSA) is 51.1 Å². The predicted molar refractivity (Wildman–Crippen MR) is 104 cm³/mol. The molecule has 0 fully saturated rings. The first-order valence-electron chi connectivity index (χ1n) is 8.70. The molecule has 1 N–H and O–H groups in total. The molecular formula is C22H22N2O2. The number of aryl methyl sites for hydroxylation is 2. The number of fused-ring (bicyclic) bond motifs is 1. The molecule has 0 bridgehead atoms.